The van der Waals surface area contributed by atoms with Crippen molar-refractivity contribution in [2.75, 3.05) is 4.90 Å². The predicted molar refractivity (Wildman–Crippen MR) is 279 cm³/mol. The van der Waals surface area contributed by atoms with Crippen molar-refractivity contribution >= 4 is 35.5 Å². The summed E-state index contributed by atoms with van der Waals surface area (Å²) in [5.41, 5.74) is 17.3. The van der Waals surface area contributed by atoms with Gasteiger partial charge in [-0.3, -0.25) is 4.99 Å². The highest BCUT2D eigenvalue weighted by molar-refractivity contribution is 6.13. The fourth-order valence-corrected chi connectivity index (χ4v) is 9.82. The topological polar surface area (TPSA) is 40.3 Å². The first-order valence-electron chi connectivity index (χ1n) is 22.8. The first-order valence-corrected chi connectivity index (χ1v) is 22.8. The van der Waals surface area contributed by atoms with E-state index in [0.29, 0.717) is 30.1 Å². The molecule has 8 aromatic rings. The van der Waals surface area contributed by atoms with Crippen LogP contribution in [0.2, 0.25) is 0 Å². The van der Waals surface area contributed by atoms with Gasteiger partial charge < -0.3 is 4.90 Å². The standard InChI is InChI=1S/C62H52N4/c1-43-18-11-16-29-59(43)66(51-37-34-47(35-38-51)53-25-12-13-26-54(53)49-36-39-56-55-27-14-15-28-57(55)62(2,3)58(56)41-49)52-24-17-23-50(40-52)60(63-4)65-61(48-21-9-6-10-22-48)64-42-44-30-32-46(33-31-44)45-19-7-5-8-20-45/h5-41,55,57H,4,42H2,1-3H3. The third-order valence-electron chi connectivity index (χ3n) is 13.3. The fourth-order valence-electron chi connectivity index (χ4n) is 9.82. The number of nitrogens with zero attached hydrogens (tertiary/aromatic N) is 4. The quantitative estimate of drug-likeness (QED) is 0.0998. The molecule has 10 rings (SSSR count). The molecular weight excluding hydrogens is 801 g/mol. The summed E-state index contributed by atoms with van der Waals surface area (Å²) >= 11 is 0. The summed E-state index contributed by atoms with van der Waals surface area (Å²) in [6.07, 6.45) is 9.18. The Balaban J connectivity index is 0.978. The molecule has 0 amide bonds. The van der Waals surface area contributed by atoms with Crippen molar-refractivity contribution in [3.05, 3.63) is 258 Å². The van der Waals surface area contributed by atoms with Crippen LogP contribution < -0.4 is 4.90 Å². The summed E-state index contributed by atoms with van der Waals surface area (Å²) in [5.74, 6) is 2.00. The lowest BCUT2D eigenvalue weighted by molar-refractivity contribution is 0.394. The van der Waals surface area contributed by atoms with Crippen molar-refractivity contribution in [2.24, 2.45) is 20.9 Å². The van der Waals surface area contributed by atoms with Gasteiger partial charge in [-0.1, -0.05) is 208 Å². The van der Waals surface area contributed by atoms with E-state index in [1.807, 2.05) is 42.5 Å². The molecule has 2 atom stereocenters. The Morgan fingerprint density at radius 2 is 1.17 bits per heavy atom. The lowest BCUT2D eigenvalue weighted by atomic mass is 9.74. The molecule has 0 N–H and O–H groups in total. The van der Waals surface area contributed by atoms with Gasteiger partial charge in [0.25, 0.3) is 0 Å². The molecule has 0 bridgehead atoms. The van der Waals surface area contributed by atoms with Crippen molar-refractivity contribution < 1.29 is 0 Å². The molecule has 2 aliphatic rings. The van der Waals surface area contributed by atoms with E-state index in [2.05, 4.69) is 219 Å². The number of allylic oxidation sites excluding steroid dienone is 4. The lowest BCUT2D eigenvalue weighted by Gasteiger charge is -2.29. The Bertz CT molecular complexity index is 3160. The van der Waals surface area contributed by atoms with Crippen molar-refractivity contribution in [2.45, 2.75) is 38.6 Å². The molecule has 0 saturated carbocycles. The van der Waals surface area contributed by atoms with Gasteiger partial charge in [0.1, 0.15) is 0 Å². The van der Waals surface area contributed by atoms with Gasteiger partial charge in [-0.25, -0.2) is 9.98 Å². The Labute approximate surface area is 389 Å². The number of fused-ring (bicyclic) bond motifs is 3. The maximum Gasteiger partial charge on any atom is 0.161 e. The van der Waals surface area contributed by atoms with E-state index in [1.54, 1.807) is 0 Å². The zero-order valence-electron chi connectivity index (χ0n) is 37.7. The number of amidine groups is 2. The highest BCUT2D eigenvalue weighted by Crippen LogP contribution is 2.54. The number of hydrogen-bond donors (Lipinski definition) is 0. The van der Waals surface area contributed by atoms with Gasteiger partial charge in [0.2, 0.25) is 0 Å². The zero-order chi connectivity index (χ0) is 45.0. The summed E-state index contributed by atoms with van der Waals surface area (Å²) in [5, 5.41) is 0. The highest BCUT2D eigenvalue weighted by Gasteiger charge is 2.44. The monoisotopic (exact) mass is 852 g/mol. The minimum Gasteiger partial charge on any atom is -0.310 e. The molecule has 0 heterocycles. The smallest absolute Gasteiger partial charge is 0.161 e. The molecular formula is C62H52N4. The van der Waals surface area contributed by atoms with E-state index in [1.165, 1.54) is 38.9 Å². The molecule has 8 aromatic carbocycles. The molecule has 0 aromatic heterocycles. The first kappa shape index (κ1) is 42.0. The average Bonchev–Trinajstić information content (AvgIpc) is 3.60. The summed E-state index contributed by atoms with van der Waals surface area (Å²) < 4.78 is 0. The SMILES string of the molecule is C=NC(=NC(=NCc1ccc(-c2ccccc2)cc1)c1ccccc1)c1cccc(N(c2ccc(-c3ccccc3-c3ccc4c(c3)C(C)(C)C3C=CC=CC43)cc2)c2ccccc2C)c1. The number of aryl methyl sites for hydroxylation is 1. The van der Waals surface area contributed by atoms with E-state index in [4.69, 9.17) is 9.98 Å². The van der Waals surface area contributed by atoms with Gasteiger partial charge in [0, 0.05) is 34.1 Å². The second kappa shape index (κ2) is 18.3. The summed E-state index contributed by atoms with van der Waals surface area (Å²) in [6.45, 7) is 11.4. The molecule has 320 valence electrons. The van der Waals surface area contributed by atoms with Crippen LogP contribution in [0.15, 0.2) is 239 Å². The third kappa shape index (κ3) is 8.30. The van der Waals surface area contributed by atoms with Gasteiger partial charge in [-0.15, -0.1) is 0 Å². The van der Waals surface area contributed by atoms with Crippen LogP contribution in [0.3, 0.4) is 0 Å². The Hall–Kier alpha value is -7.95. The zero-order valence-corrected chi connectivity index (χ0v) is 37.7. The minimum atomic E-state index is 0.0485. The van der Waals surface area contributed by atoms with Crippen LogP contribution in [0.25, 0.3) is 33.4 Å². The minimum absolute atomic E-state index is 0.0485. The van der Waals surface area contributed by atoms with Gasteiger partial charge in [0.05, 0.1) is 6.54 Å². The van der Waals surface area contributed by atoms with Crippen LogP contribution in [-0.4, -0.2) is 18.4 Å². The molecule has 66 heavy (non-hydrogen) atoms. The number of para-hydroxylation sites is 1. The van der Waals surface area contributed by atoms with Crippen LogP contribution in [0.4, 0.5) is 17.1 Å². The molecule has 4 nitrogen and oxygen atoms in total. The van der Waals surface area contributed by atoms with E-state index >= 15 is 0 Å². The predicted octanol–water partition coefficient (Wildman–Crippen LogP) is 15.7. The average molecular weight is 853 g/mol. The largest absolute Gasteiger partial charge is 0.310 e. The molecule has 0 saturated heterocycles. The van der Waals surface area contributed by atoms with E-state index in [9.17, 15) is 0 Å². The number of rotatable bonds is 10. The van der Waals surface area contributed by atoms with E-state index in [0.717, 1.165) is 44.9 Å². The number of benzene rings is 8. The maximum atomic E-state index is 5.12. The highest BCUT2D eigenvalue weighted by atomic mass is 15.1. The molecule has 0 aliphatic heterocycles. The number of hydrogen-bond acceptors (Lipinski definition) is 2. The van der Waals surface area contributed by atoms with Gasteiger partial charge in [-0.05, 0) is 111 Å². The van der Waals surface area contributed by atoms with Gasteiger partial charge >= 0.3 is 0 Å². The molecule has 2 aliphatic carbocycles. The maximum absolute atomic E-state index is 5.12. The molecule has 4 heteroatoms. The van der Waals surface area contributed by atoms with Crippen molar-refractivity contribution in [1.29, 1.82) is 0 Å². The van der Waals surface area contributed by atoms with Gasteiger partial charge in [0.15, 0.2) is 11.7 Å². The number of anilines is 3. The van der Waals surface area contributed by atoms with Crippen LogP contribution in [0.1, 0.15) is 53.1 Å². The normalized spacial score (nSPS) is 16.1. The van der Waals surface area contributed by atoms with Crippen molar-refractivity contribution in [3.8, 4) is 33.4 Å². The third-order valence-corrected chi connectivity index (χ3v) is 13.3. The van der Waals surface area contributed by atoms with Crippen LogP contribution in [0.5, 0.6) is 0 Å². The molecule has 0 fully saturated rings. The number of aliphatic imine (C=N–C) groups is 3. The van der Waals surface area contributed by atoms with Gasteiger partial charge in [-0.2, -0.15) is 0 Å². The summed E-state index contributed by atoms with van der Waals surface area (Å²) in [7, 11) is 0. The second-order valence-corrected chi connectivity index (χ2v) is 17.8. The van der Waals surface area contributed by atoms with E-state index in [-0.39, 0.29) is 5.41 Å². The van der Waals surface area contributed by atoms with Crippen LogP contribution in [0, 0.1) is 12.8 Å². The van der Waals surface area contributed by atoms with E-state index < -0.39 is 0 Å². The summed E-state index contributed by atoms with van der Waals surface area (Å²) in [6, 6.07) is 70.9. The molecule has 2 unspecified atom stereocenters. The van der Waals surface area contributed by atoms with Crippen LogP contribution in [-0.2, 0) is 12.0 Å². The Morgan fingerprint density at radius 1 is 0.545 bits per heavy atom. The van der Waals surface area contributed by atoms with Crippen molar-refractivity contribution in [3.63, 3.8) is 0 Å². The second-order valence-electron chi connectivity index (χ2n) is 17.8. The molecule has 0 spiro atoms. The van der Waals surface area contributed by atoms with Crippen molar-refractivity contribution in [1.82, 2.24) is 0 Å². The summed E-state index contributed by atoms with van der Waals surface area (Å²) in [4.78, 5) is 17.0. The molecule has 0 radical (unpaired) electrons. The lowest BCUT2D eigenvalue weighted by Crippen LogP contribution is -2.24. The Kier molecular flexibility index (Phi) is 11.6. The first-order chi connectivity index (χ1) is 32.4. The van der Waals surface area contributed by atoms with Crippen LogP contribution >= 0.6 is 0 Å². The fraction of sp³-hybridized carbons (Fsp3) is 0.113. The Morgan fingerprint density at radius 3 is 1.91 bits per heavy atom.